The van der Waals surface area contributed by atoms with E-state index in [1.165, 1.54) is 0 Å². The SMILES string of the molecule is CNCC(C)C(=O)Nc1ccccc1-c1nnc(C)o1. The second kappa shape index (κ2) is 6.29. The molecule has 2 aromatic rings. The fraction of sp³-hybridized carbons (Fsp3) is 0.357. The van der Waals surface area contributed by atoms with Crippen molar-refractivity contribution in [3.8, 4) is 11.5 Å². The summed E-state index contributed by atoms with van der Waals surface area (Å²) in [5, 5.41) is 13.7. The molecule has 0 fully saturated rings. The van der Waals surface area contributed by atoms with Crippen molar-refractivity contribution < 1.29 is 9.21 Å². The Labute approximate surface area is 117 Å². The number of aromatic nitrogens is 2. The third-order valence-electron chi connectivity index (χ3n) is 2.90. The standard InChI is InChI=1S/C14H18N4O2/c1-9(8-15-3)13(19)16-12-7-5-4-6-11(12)14-18-17-10(2)20-14/h4-7,9,15H,8H2,1-3H3,(H,16,19). The number of aryl methyl sites for hydroxylation is 1. The predicted octanol–water partition coefficient (Wildman–Crippen LogP) is 1.84. The van der Waals surface area contributed by atoms with Gasteiger partial charge in [0.15, 0.2) is 0 Å². The van der Waals surface area contributed by atoms with Crippen LogP contribution in [0.15, 0.2) is 28.7 Å². The molecule has 0 spiro atoms. The number of amides is 1. The van der Waals surface area contributed by atoms with Gasteiger partial charge in [0.05, 0.1) is 11.3 Å². The summed E-state index contributed by atoms with van der Waals surface area (Å²) >= 11 is 0. The first-order chi connectivity index (χ1) is 9.61. The minimum Gasteiger partial charge on any atom is -0.421 e. The van der Waals surface area contributed by atoms with E-state index in [0.29, 0.717) is 24.0 Å². The van der Waals surface area contributed by atoms with Crippen LogP contribution in [0.25, 0.3) is 11.5 Å². The van der Waals surface area contributed by atoms with Crippen LogP contribution in [0.1, 0.15) is 12.8 Å². The van der Waals surface area contributed by atoms with Crippen LogP contribution in [0, 0.1) is 12.8 Å². The molecular weight excluding hydrogens is 256 g/mol. The number of carbonyl (C=O) groups is 1. The van der Waals surface area contributed by atoms with Crippen LogP contribution < -0.4 is 10.6 Å². The number of benzene rings is 1. The van der Waals surface area contributed by atoms with Crippen molar-refractivity contribution in [1.29, 1.82) is 0 Å². The summed E-state index contributed by atoms with van der Waals surface area (Å²) in [7, 11) is 1.82. The van der Waals surface area contributed by atoms with Gasteiger partial charge in [0.2, 0.25) is 17.7 Å². The molecular formula is C14H18N4O2. The van der Waals surface area contributed by atoms with Gasteiger partial charge in [-0.25, -0.2) is 0 Å². The lowest BCUT2D eigenvalue weighted by atomic mass is 10.1. The molecule has 6 nitrogen and oxygen atoms in total. The molecule has 0 aliphatic carbocycles. The Bertz CT molecular complexity index is 594. The van der Waals surface area contributed by atoms with Gasteiger partial charge in [0, 0.05) is 19.4 Å². The van der Waals surface area contributed by atoms with Crippen LogP contribution >= 0.6 is 0 Å². The number of rotatable bonds is 5. The van der Waals surface area contributed by atoms with Crippen LogP contribution in [0.3, 0.4) is 0 Å². The fourth-order valence-electron chi connectivity index (χ4n) is 1.84. The lowest BCUT2D eigenvalue weighted by Gasteiger charge is -2.13. The van der Waals surface area contributed by atoms with Crippen molar-refractivity contribution in [2.45, 2.75) is 13.8 Å². The van der Waals surface area contributed by atoms with E-state index in [2.05, 4.69) is 20.8 Å². The highest BCUT2D eigenvalue weighted by Gasteiger charge is 2.16. The van der Waals surface area contributed by atoms with Crippen molar-refractivity contribution in [2.24, 2.45) is 5.92 Å². The maximum Gasteiger partial charge on any atom is 0.249 e. The van der Waals surface area contributed by atoms with E-state index in [-0.39, 0.29) is 11.8 Å². The molecule has 1 heterocycles. The smallest absolute Gasteiger partial charge is 0.249 e. The molecule has 0 saturated heterocycles. The van der Waals surface area contributed by atoms with Gasteiger partial charge in [-0.1, -0.05) is 19.1 Å². The second-order valence-corrected chi connectivity index (χ2v) is 4.62. The average molecular weight is 274 g/mol. The Morgan fingerprint density at radius 2 is 2.10 bits per heavy atom. The van der Waals surface area contributed by atoms with Gasteiger partial charge in [-0.15, -0.1) is 10.2 Å². The Morgan fingerprint density at radius 3 is 2.75 bits per heavy atom. The van der Waals surface area contributed by atoms with E-state index in [4.69, 9.17) is 4.42 Å². The molecule has 1 amide bonds. The van der Waals surface area contributed by atoms with Crippen molar-refractivity contribution >= 4 is 11.6 Å². The molecule has 1 unspecified atom stereocenters. The van der Waals surface area contributed by atoms with Crippen LogP contribution in [-0.4, -0.2) is 29.7 Å². The summed E-state index contributed by atoms with van der Waals surface area (Å²) < 4.78 is 5.41. The van der Waals surface area contributed by atoms with Gasteiger partial charge in [-0.2, -0.15) is 0 Å². The third-order valence-corrected chi connectivity index (χ3v) is 2.90. The number of hydrogen-bond donors (Lipinski definition) is 2. The molecule has 0 aliphatic heterocycles. The maximum absolute atomic E-state index is 12.1. The van der Waals surface area contributed by atoms with E-state index in [0.717, 1.165) is 5.56 Å². The van der Waals surface area contributed by atoms with Gasteiger partial charge in [0.25, 0.3) is 0 Å². The van der Waals surface area contributed by atoms with E-state index in [1.54, 1.807) is 6.92 Å². The average Bonchev–Trinajstić information content (AvgIpc) is 2.86. The Hall–Kier alpha value is -2.21. The van der Waals surface area contributed by atoms with Crippen LogP contribution in [0.5, 0.6) is 0 Å². The molecule has 0 aliphatic rings. The summed E-state index contributed by atoms with van der Waals surface area (Å²) in [6.07, 6.45) is 0. The Balaban J connectivity index is 2.22. The fourth-order valence-corrected chi connectivity index (χ4v) is 1.84. The molecule has 20 heavy (non-hydrogen) atoms. The number of nitrogens with one attached hydrogen (secondary N) is 2. The van der Waals surface area contributed by atoms with Crippen molar-refractivity contribution in [3.05, 3.63) is 30.2 Å². The number of nitrogens with zero attached hydrogens (tertiary/aromatic N) is 2. The molecule has 1 aromatic heterocycles. The van der Waals surface area contributed by atoms with Crippen molar-refractivity contribution in [1.82, 2.24) is 15.5 Å². The minimum absolute atomic E-state index is 0.0527. The second-order valence-electron chi connectivity index (χ2n) is 4.62. The van der Waals surface area contributed by atoms with E-state index < -0.39 is 0 Å². The minimum atomic E-state index is -0.127. The van der Waals surface area contributed by atoms with Gasteiger partial charge in [-0.05, 0) is 19.2 Å². The van der Waals surface area contributed by atoms with Crippen molar-refractivity contribution in [3.63, 3.8) is 0 Å². The highest BCUT2D eigenvalue weighted by Crippen LogP contribution is 2.26. The van der Waals surface area contributed by atoms with E-state index >= 15 is 0 Å². The van der Waals surface area contributed by atoms with Crippen molar-refractivity contribution in [2.75, 3.05) is 18.9 Å². The monoisotopic (exact) mass is 274 g/mol. The first-order valence-electron chi connectivity index (χ1n) is 6.46. The van der Waals surface area contributed by atoms with Gasteiger partial charge < -0.3 is 15.1 Å². The zero-order valence-corrected chi connectivity index (χ0v) is 11.8. The Morgan fingerprint density at radius 1 is 1.35 bits per heavy atom. The Kier molecular flexibility index (Phi) is 4.47. The molecule has 0 radical (unpaired) electrons. The van der Waals surface area contributed by atoms with Crippen LogP contribution in [0.4, 0.5) is 5.69 Å². The first-order valence-corrected chi connectivity index (χ1v) is 6.46. The summed E-state index contributed by atoms with van der Waals surface area (Å²) in [4.78, 5) is 12.1. The first kappa shape index (κ1) is 14.2. The number of anilines is 1. The summed E-state index contributed by atoms with van der Waals surface area (Å²) in [6, 6.07) is 7.37. The third kappa shape index (κ3) is 3.21. The lowest BCUT2D eigenvalue weighted by Crippen LogP contribution is -2.28. The van der Waals surface area contributed by atoms with E-state index in [1.807, 2.05) is 38.2 Å². The molecule has 6 heteroatoms. The molecule has 2 N–H and O–H groups in total. The molecule has 1 aromatic carbocycles. The molecule has 106 valence electrons. The van der Waals surface area contributed by atoms with Crippen LogP contribution in [-0.2, 0) is 4.79 Å². The lowest BCUT2D eigenvalue weighted by molar-refractivity contribution is -0.119. The maximum atomic E-state index is 12.1. The van der Waals surface area contributed by atoms with Gasteiger partial charge >= 0.3 is 0 Å². The summed E-state index contributed by atoms with van der Waals surface area (Å²) in [5.41, 5.74) is 1.39. The number of para-hydroxylation sites is 1. The van der Waals surface area contributed by atoms with Crippen LogP contribution in [0.2, 0.25) is 0 Å². The summed E-state index contributed by atoms with van der Waals surface area (Å²) in [5.74, 6) is 0.713. The molecule has 0 saturated carbocycles. The molecule has 1 atom stereocenters. The highest BCUT2D eigenvalue weighted by molar-refractivity contribution is 5.95. The quantitative estimate of drug-likeness (QED) is 0.869. The predicted molar refractivity (Wildman–Crippen MR) is 76.2 cm³/mol. The number of carbonyl (C=O) groups excluding carboxylic acids is 1. The highest BCUT2D eigenvalue weighted by atomic mass is 16.4. The topological polar surface area (TPSA) is 80.0 Å². The zero-order valence-electron chi connectivity index (χ0n) is 11.8. The molecule has 0 bridgehead atoms. The molecule has 2 rings (SSSR count). The largest absolute Gasteiger partial charge is 0.421 e. The summed E-state index contributed by atoms with van der Waals surface area (Å²) in [6.45, 7) is 4.21. The zero-order chi connectivity index (χ0) is 14.5. The van der Waals surface area contributed by atoms with E-state index in [9.17, 15) is 4.79 Å². The number of hydrogen-bond acceptors (Lipinski definition) is 5. The van der Waals surface area contributed by atoms with Gasteiger partial charge in [0.1, 0.15) is 0 Å². The normalized spacial score (nSPS) is 12.2. The van der Waals surface area contributed by atoms with Gasteiger partial charge in [-0.3, -0.25) is 4.79 Å².